The minimum atomic E-state index is -0.528. The molecule has 2 N–H and O–H groups in total. The number of ether oxygens (including phenoxy) is 1. The van der Waals surface area contributed by atoms with Crippen molar-refractivity contribution in [3.8, 4) is 23.1 Å². The van der Waals surface area contributed by atoms with Gasteiger partial charge in [-0.25, -0.2) is 10.4 Å². The lowest BCUT2D eigenvalue weighted by Gasteiger charge is -2.09. The van der Waals surface area contributed by atoms with E-state index in [1.807, 2.05) is 79.7 Å². The van der Waals surface area contributed by atoms with Crippen molar-refractivity contribution in [3.05, 3.63) is 111 Å². The summed E-state index contributed by atoms with van der Waals surface area (Å²) in [6.07, 6.45) is 1.64. The number of nitrogens with one attached hydrogen (secondary N) is 2. The van der Waals surface area contributed by atoms with E-state index in [-0.39, 0.29) is 11.5 Å². The minimum absolute atomic E-state index is 0.0438. The van der Waals surface area contributed by atoms with Crippen molar-refractivity contribution < 1.29 is 4.74 Å². The van der Waals surface area contributed by atoms with Crippen molar-refractivity contribution >= 4 is 12.2 Å². The van der Waals surface area contributed by atoms with Crippen LogP contribution >= 0.6 is 0 Å². The number of hydrazone groups is 1. The van der Waals surface area contributed by atoms with Crippen LogP contribution in [0.5, 0.6) is 5.75 Å². The number of hydrogen-bond acceptors (Lipinski definition) is 6. The van der Waals surface area contributed by atoms with Gasteiger partial charge >= 0.3 is 0 Å². The van der Waals surface area contributed by atoms with Gasteiger partial charge in [0.25, 0.3) is 5.56 Å². The molecule has 33 heavy (non-hydrogen) atoms. The van der Waals surface area contributed by atoms with Gasteiger partial charge in [-0.2, -0.15) is 10.4 Å². The maximum atomic E-state index is 12.3. The number of aromatic nitrogens is 2. The van der Waals surface area contributed by atoms with Crippen LogP contribution in [0.4, 0.5) is 5.95 Å². The number of nitriles is 1. The minimum Gasteiger partial charge on any atom is -0.489 e. The molecule has 0 aliphatic carbocycles. The first kappa shape index (κ1) is 21.5. The van der Waals surface area contributed by atoms with Gasteiger partial charge in [-0.1, -0.05) is 60.7 Å². The molecule has 0 atom stereocenters. The molecule has 0 fully saturated rings. The molecule has 0 saturated carbocycles. The molecule has 7 nitrogen and oxygen atoms in total. The van der Waals surface area contributed by atoms with Gasteiger partial charge in [0.05, 0.1) is 11.9 Å². The first-order valence-corrected chi connectivity index (χ1v) is 10.3. The number of aromatic amines is 1. The summed E-state index contributed by atoms with van der Waals surface area (Å²) in [5.74, 6) is 0.918. The molecule has 3 aromatic carbocycles. The Morgan fingerprint density at radius 1 is 1.09 bits per heavy atom. The Morgan fingerprint density at radius 2 is 1.82 bits per heavy atom. The summed E-state index contributed by atoms with van der Waals surface area (Å²) >= 11 is 0. The van der Waals surface area contributed by atoms with Crippen molar-refractivity contribution in [1.82, 2.24) is 9.97 Å². The zero-order chi connectivity index (χ0) is 23.0. The van der Waals surface area contributed by atoms with E-state index in [4.69, 9.17) is 4.74 Å². The fourth-order valence-electron chi connectivity index (χ4n) is 3.22. The molecule has 0 aliphatic rings. The monoisotopic (exact) mass is 435 g/mol. The number of H-pyrrole nitrogens is 1. The lowest BCUT2D eigenvalue weighted by atomic mass is 10.1. The van der Waals surface area contributed by atoms with Crippen molar-refractivity contribution in [2.45, 2.75) is 13.5 Å². The van der Waals surface area contributed by atoms with Gasteiger partial charge in [0.1, 0.15) is 24.0 Å². The molecule has 0 radical (unpaired) electrons. The second-order valence-corrected chi connectivity index (χ2v) is 7.28. The van der Waals surface area contributed by atoms with Crippen molar-refractivity contribution in [1.29, 1.82) is 5.26 Å². The zero-order valence-corrected chi connectivity index (χ0v) is 17.9. The van der Waals surface area contributed by atoms with Crippen LogP contribution in [0.3, 0.4) is 0 Å². The second kappa shape index (κ2) is 10.1. The highest BCUT2D eigenvalue weighted by Crippen LogP contribution is 2.20. The lowest BCUT2D eigenvalue weighted by molar-refractivity contribution is 0.306. The second-order valence-electron chi connectivity index (χ2n) is 7.28. The molecule has 162 valence electrons. The van der Waals surface area contributed by atoms with Crippen molar-refractivity contribution in [2.75, 3.05) is 5.43 Å². The molecule has 4 aromatic rings. The first-order valence-electron chi connectivity index (χ1n) is 10.3. The fourth-order valence-corrected chi connectivity index (χ4v) is 3.22. The van der Waals surface area contributed by atoms with Crippen LogP contribution in [-0.4, -0.2) is 16.2 Å². The first-order chi connectivity index (χ1) is 16.1. The Bertz CT molecular complexity index is 1370. The third kappa shape index (κ3) is 5.32. The Morgan fingerprint density at radius 3 is 2.52 bits per heavy atom. The number of benzene rings is 3. The molecule has 1 heterocycles. The van der Waals surface area contributed by atoms with E-state index in [2.05, 4.69) is 20.5 Å². The van der Waals surface area contributed by atoms with E-state index < -0.39 is 5.56 Å². The molecular formula is C26H21N5O2. The van der Waals surface area contributed by atoms with Gasteiger partial charge in [-0.05, 0) is 41.8 Å². The standard InChI is InChI=1S/C26H21N5O2/c1-18-14-22(33-17-19-8-4-2-5-9-19)13-12-21(18)16-28-31-26-29-24(20-10-6-3-7-11-20)23(15-27)25(32)30-26/h2-14,16H,17H2,1H3,(H2,29,30,31,32). The average molecular weight is 435 g/mol. The lowest BCUT2D eigenvalue weighted by Crippen LogP contribution is -2.16. The highest BCUT2D eigenvalue weighted by Gasteiger charge is 2.12. The average Bonchev–Trinajstić information content (AvgIpc) is 2.85. The van der Waals surface area contributed by atoms with Gasteiger partial charge < -0.3 is 4.74 Å². The summed E-state index contributed by atoms with van der Waals surface area (Å²) in [4.78, 5) is 19.2. The topological polar surface area (TPSA) is 103 Å². The fraction of sp³-hybridized carbons (Fsp3) is 0.0769. The van der Waals surface area contributed by atoms with E-state index in [9.17, 15) is 10.1 Å². The molecule has 1 aromatic heterocycles. The molecule has 0 spiro atoms. The summed E-state index contributed by atoms with van der Waals surface area (Å²) in [6, 6.07) is 26.7. The van der Waals surface area contributed by atoms with E-state index in [1.54, 1.807) is 18.3 Å². The predicted octanol–water partition coefficient (Wildman–Crippen LogP) is 4.64. The van der Waals surface area contributed by atoms with Crippen molar-refractivity contribution in [3.63, 3.8) is 0 Å². The molecule has 0 aliphatic heterocycles. The normalized spacial score (nSPS) is 10.7. The van der Waals surface area contributed by atoms with E-state index >= 15 is 0 Å². The molecule has 0 amide bonds. The van der Waals surface area contributed by atoms with Gasteiger partial charge in [0.15, 0.2) is 0 Å². The summed E-state index contributed by atoms with van der Waals surface area (Å²) in [5.41, 5.74) is 6.12. The number of nitrogens with zero attached hydrogens (tertiary/aromatic N) is 3. The van der Waals surface area contributed by atoms with Gasteiger partial charge in [-0.15, -0.1) is 0 Å². The van der Waals surface area contributed by atoms with Crippen LogP contribution < -0.4 is 15.7 Å². The Kier molecular flexibility index (Phi) is 6.57. The predicted molar refractivity (Wildman–Crippen MR) is 128 cm³/mol. The smallest absolute Gasteiger partial charge is 0.270 e. The van der Waals surface area contributed by atoms with Crippen molar-refractivity contribution in [2.24, 2.45) is 5.10 Å². The molecule has 0 bridgehead atoms. The zero-order valence-electron chi connectivity index (χ0n) is 17.9. The highest BCUT2D eigenvalue weighted by atomic mass is 16.5. The van der Waals surface area contributed by atoms with E-state index in [0.29, 0.717) is 17.9 Å². The van der Waals surface area contributed by atoms with Crippen LogP contribution in [0.15, 0.2) is 88.8 Å². The molecule has 4 rings (SSSR count). The summed E-state index contributed by atoms with van der Waals surface area (Å²) in [5, 5.41) is 13.6. The Labute approximate surface area is 191 Å². The summed E-state index contributed by atoms with van der Waals surface area (Å²) in [7, 11) is 0. The Hall–Kier alpha value is -4.70. The maximum absolute atomic E-state index is 12.3. The highest BCUT2D eigenvalue weighted by molar-refractivity contribution is 5.82. The summed E-state index contributed by atoms with van der Waals surface area (Å²) < 4.78 is 5.86. The Balaban J connectivity index is 1.47. The third-order valence-corrected chi connectivity index (χ3v) is 4.94. The third-order valence-electron chi connectivity index (χ3n) is 4.94. The molecule has 0 unspecified atom stereocenters. The number of anilines is 1. The molecule has 0 saturated heterocycles. The largest absolute Gasteiger partial charge is 0.489 e. The van der Waals surface area contributed by atoms with E-state index in [0.717, 1.165) is 22.4 Å². The maximum Gasteiger partial charge on any atom is 0.270 e. The summed E-state index contributed by atoms with van der Waals surface area (Å²) in [6.45, 7) is 2.46. The number of aryl methyl sites for hydroxylation is 1. The van der Waals surface area contributed by atoms with Crippen LogP contribution in [0.25, 0.3) is 11.3 Å². The van der Waals surface area contributed by atoms with Crippen LogP contribution in [0.2, 0.25) is 0 Å². The quantitative estimate of drug-likeness (QED) is 0.325. The van der Waals surface area contributed by atoms with Gasteiger partial charge in [0.2, 0.25) is 5.95 Å². The van der Waals surface area contributed by atoms with Crippen LogP contribution in [-0.2, 0) is 6.61 Å². The van der Waals surface area contributed by atoms with Crippen LogP contribution in [0, 0.1) is 18.3 Å². The van der Waals surface area contributed by atoms with Crippen LogP contribution in [0.1, 0.15) is 22.3 Å². The SMILES string of the molecule is Cc1cc(OCc2ccccc2)ccc1C=NNc1nc(-c2ccccc2)c(C#N)c(=O)[nH]1. The molecular weight excluding hydrogens is 414 g/mol. The van der Waals surface area contributed by atoms with E-state index in [1.165, 1.54) is 0 Å². The number of rotatable bonds is 7. The van der Waals surface area contributed by atoms with Gasteiger partial charge in [0, 0.05) is 5.56 Å². The van der Waals surface area contributed by atoms with Gasteiger partial charge in [-0.3, -0.25) is 9.78 Å². The molecule has 7 heteroatoms. The number of hydrogen-bond donors (Lipinski definition) is 2.